The van der Waals surface area contributed by atoms with E-state index in [1.54, 1.807) is 30.5 Å². The maximum absolute atomic E-state index is 12.0. The van der Waals surface area contributed by atoms with Crippen molar-refractivity contribution in [3.8, 4) is 0 Å². The average Bonchev–Trinajstić information content (AvgIpc) is 3.25. The fourth-order valence-electron chi connectivity index (χ4n) is 3.78. The summed E-state index contributed by atoms with van der Waals surface area (Å²) in [5.74, 6) is -0.357. The Morgan fingerprint density at radius 3 is 2.71 bits per heavy atom. The molecular weight excluding hydrogens is 382 g/mol. The number of aliphatic carboxylic acids is 1. The summed E-state index contributed by atoms with van der Waals surface area (Å²) in [6.07, 6.45) is 9.55. The predicted molar refractivity (Wildman–Crippen MR) is 108 cm³/mol. The molecule has 2 aliphatic rings. The number of carboxylic acids is 1. The van der Waals surface area contributed by atoms with E-state index in [0.717, 1.165) is 19.3 Å². The van der Waals surface area contributed by atoms with E-state index in [1.807, 2.05) is 12.2 Å². The van der Waals surface area contributed by atoms with Crippen molar-refractivity contribution in [3.63, 3.8) is 0 Å². The number of anilines is 1. The Labute approximate surface area is 168 Å². The minimum absolute atomic E-state index is 0.132. The number of carboxylic acid groups (broad SMARTS) is 1. The van der Waals surface area contributed by atoms with E-state index in [1.165, 1.54) is 0 Å². The Bertz CT molecular complexity index is 750. The molecule has 0 aliphatic carbocycles. The number of hydrazone groups is 1. The van der Waals surface area contributed by atoms with Gasteiger partial charge in [0.05, 0.1) is 12.2 Å². The highest BCUT2D eigenvalue weighted by Gasteiger charge is 2.47. The second kappa shape index (κ2) is 9.71. The minimum Gasteiger partial charge on any atom is -0.481 e. The summed E-state index contributed by atoms with van der Waals surface area (Å²) in [7, 11) is 0. The first-order valence-electron chi connectivity index (χ1n) is 9.41. The van der Waals surface area contributed by atoms with Crippen molar-refractivity contribution < 1.29 is 19.4 Å². The van der Waals surface area contributed by atoms with Gasteiger partial charge < -0.3 is 15.2 Å². The lowest BCUT2D eigenvalue weighted by molar-refractivity contribution is -0.136. The summed E-state index contributed by atoms with van der Waals surface area (Å²) in [5, 5.41) is 16.1. The number of hydrogen-bond acceptors (Lipinski definition) is 4. The number of allylic oxidation sites excluding steroid dienone is 2. The van der Waals surface area contributed by atoms with E-state index in [2.05, 4.69) is 15.8 Å². The first-order chi connectivity index (χ1) is 13.5. The highest BCUT2D eigenvalue weighted by molar-refractivity contribution is 6.30. The van der Waals surface area contributed by atoms with E-state index in [-0.39, 0.29) is 24.5 Å². The molecule has 7 nitrogen and oxygen atoms in total. The van der Waals surface area contributed by atoms with Crippen LogP contribution in [0.5, 0.6) is 0 Å². The second-order valence-electron chi connectivity index (χ2n) is 7.02. The Morgan fingerprint density at radius 2 is 1.96 bits per heavy atom. The van der Waals surface area contributed by atoms with Gasteiger partial charge in [0.1, 0.15) is 0 Å². The number of carbonyl (C=O) groups excluding carboxylic acids is 1. The quantitative estimate of drug-likeness (QED) is 0.345. The number of amides is 2. The van der Waals surface area contributed by atoms with Crippen LogP contribution in [0.15, 0.2) is 41.5 Å². The molecule has 2 saturated heterocycles. The summed E-state index contributed by atoms with van der Waals surface area (Å²) in [4.78, 5) is 22.5. The molecule has 4 unspecified atom stereocenters. The van der Waals surface area contributed by atoms with Crippen LogP contribution in [0.1, 0.15) is 32.1 Å². The van der Waals surface area contributed by atoms with E-state index in [4.69, 9.17) is 21.4 Å². The molecule has 150 valence electrons. The van der Waals surface area contributed by atoms with Crippen LogP contribution in [0, 0.1) is 11.8 Å². The van der Waals surface area contributed by atoms with Gasteiger partial charge in [-0.05, 0) is 55.9 Å². The van der Waals surface area contributed by atoms with Crippen LogP contribution < -0.4 is 10.7 Å². The van der Waals surface area contributed by atoms with Crippen LogP contribution in [0.3, 0.4) is 0 Å². The number of nitrogens with one attached hydrogen (secondary N) is 2. The topological polar surface area (TPSA) is 100 Å². The molecular formula is C20H24ClN3O4. The van der Waals surface area contributed by atoms with E-state index in [0.29, 0.717) is 23.0 Å². The Balaban J connectivity index is 1.48. The third-order valence-corrected chi connectivity index (χ3v) is 5.35. The number of ether oxygens (including phenoxy) is 1. The Hall–Kier alpha value is -2.38. The molecule has 1 aromatic carbocycles. The standard InChI is InChI=1S/C20H24ClN3O4/c21-13-6-8-14(9-7-13)23-20(27)24-22-12-16-15(17-10-11-18(16)28-17)4-2-1-3-5-19(25)26/h1-2,6-9,12,15-18H,3-5,10-11H2,(H,25,26)(H2,23,24,27)/b2-1+,22-12+. The predicted octanol–water partition coefficient (Wildman–Crippen LogP) is 4.05. The van der Waals surface area contributed by atoms with Gasteiger partial charge in [-0.25, -0.2) is 10.2 Å². The van der Waals surface area contributed by atoms with Crippen molar-refractivity contribution in [1.82, 2.24) is 5.43 Å². The molecule has 0 aromatic heterocycles. The van der Waals surface area contributed by atoms with Crippen molar-refractivity contribution in [3.05, 3.63) is 41.4 Å². The van der Waals surface area contributed by atoms with Crippen LogP contribution in [0.4, 0.5) is 10.5 Å². The zero-order chi connectivity index (χ0) is 19.9. The first-order valence-corrected chi connectivity index (χ1v) is 9.78. The molecule has 2 bridgehead atoms. The third-order valence-electron chi connectivity index (χ3n) is 5.10. The van der Waals surface area contributed by atoms with Crippen LogP contribution in [0.25, 0.3) is 0 Å². The minimum atomic E-state index is -0.791. The van der Waals surface area contributed by atoms with Gasteiger partial charge in [0, 0.05) is 29.3 Å². The van der Waals surface area contributed by atoms with Crippen molar-refractivity contribution in [2.45, 2.75) is 44.3 Å². The fourth-order valence-corrected chi connectivity index (χ4v) is 3.90. The fraction of sp³-hybridized carbons (Fsp3) is 0.450. The number of halogens is 1. The maximum Gasteiger partial charge on any atom is 0.339 e. The number of fused-ring (bicyclic) bond motifs is 2. The number of carbonyl (C=O) groups is 2. The lowest BCUT2D eigenvalue weighted by atomic mass is 9.78. The maximum atomic E-state index is 12.0. The summed E-state index contributed by atoms with van der Waals surface area (Å²) >= 11 is 5.82. The molecule has 1 aromatic rings. The summed E-state index contributed by atoms with van der Waals surface area (Å²) in [5.41, 5.74) is 3.12. The smallest absolute Gasteiger partial charge is 0.339 e. The number of hydrogen-bond donors (Lipinski definition) is 3. The van der Waals surface area contributed by atoms with Gasteiger partial charge >= 0.3 is 12.0 Å². The number of urea groups is 1. The Kier molecular flexibility index (Phi) is 7.06. The number of benzene rings is 1. The van der Waals surface area contributed by atoms with Crippen LogP contribution >= 0.6 is 11.6 Å². The first kappa shape index (κ1) is 20.4. The highest BCUT2D eigenvalue weighted by atomic mass is 35.5. The summed E-state index contributed by atoms with van der Waals surface area (Å²) in [6.45, 7) is 0. The van der Waals surface area contributed by atoms with E-state index < -0.39 is 12.0 Å². The third kappa shape index (κ3) is 5.56. The summed E-state index contributed by atoms with van der Waals surface area (Å²) < 4.78 is 6.00. The van der Waals surface area contributed by atoms with Gasteiger partial charge in [0.15, 0.2) is 0 Å². The average molecular weight is 406 g/mol. The van der Waals surface area contributed by atoms with Crippen molar-refractivity contribution >= 4 is 35.5 Å². The molecule has 0 radical (unpaired) electrons. The van der Waals surface area contributed by atoms with Gasteiger partial charge in [-0.15, -0.1) is 0 Å². The zero-order valence-electron chi connectivity index (χ0n) is 15.4. The molecule has 2 heterocycles. The molecule has 2 fully saturated rings. The number of nitrogens with zero attached hydrogens (tertiary/aromatic N) is 1. The highest BCUT2D eigenvalue weighted by Crippen LogP contribution is 2.44. The van der Waals surface area contributed by atoms with Gasteiger partial charge in [0.2, 0.25) is 0 Å². The molecule has 2 amide bonds. The van der Waals surface area contributed by atoms with Gasteiger partial charge in [0.25, 0.3) is 0 Å². The van der Waals surface area contributed by atoms with Crippen LogP contribution in [0.2, 0.25) is 5.02 Å². The molecule has 3 rings (SSSR count). The zero-order valence-corrected chi connectivity index (χ0v) is 16.1. The van der Waals surface area contributed by atoms with E-state index in [9.17, 15) is 9.59 Å². The molecule has 8 heteroatoms. The second-order valence-corrected chi connectivity index (χ2v) is 7.46. The molecule has 0 saturated carbocycles. The SMILES string of the molecule is O=C(O)CC/C=C/CC1C2CCC(O2)C1/C=N/NC(=O)Nc1ccc(Cl)cc1. The normalized spacial score (nSPS) is 26.2. The van der Waals surface area contributed by atoms with E-state index >= 15 is 0 Å². The lowest BCUT2D eigenvalue weighted by Crippen LogP contribution is -2.30. The van der Waals surface area contributed by atoms with Gasteiger partial charge in [-0.3, -0.25) is 4.79 Å². The molecule has 4 atom stereocenters. The molecule has 3 N–H and O–H groups in total. The molecule has 28 heavy (non-hydrogen) atoms. The van der Waals surface area contributed by atoms with Crippen molar-refractivity contribution in [2.24, 2.45) is 16.9 Å². The van der Waals surface area contributed by atoms with Crippen molar-refractivity contribution in [2.75, 3.05) is 5.32 Å². The van der Waals surface area contributed by atoms with Gasteiger partial charge in [-0.1, -0.05) is 23.8 Å². The lowest BCUT2D eigenvalue weighted by Gasteiger charge is -2.23. The van der Waals surface area contributed by atoms with Crippen LogP contribution in [-0.4, -0.2) is 35.5 Å². The van der Waals surface area contributed by atoms with Crippen molar-refractivity contribution in [1.29, 1.82) is 0 Å². The molecule has 0 spiro atoms. The largest absolute Gasteiger partial charge is 0.481 e. The Morgan fingerprint density at radius 1 is 1.21 bits per heavy atom. The van der Waals surface area contributed by atoms with Gasteiger partial charge in [-0.2, -0.15) is 5.10 Å². The molecule has 2 aliphatic heterocycles. The summed E-state index contributed by atoms with van der Waals surface area (Å²) in [6, 6.07) is 6.39. The van der Waals surface area contributed by atoms with Crippen LogP contribution in [-0.2, 0) is 9.53 Å². The monoisotopic (exact) mass is 405 g/mol. The number of rotatable bonds is 8.